The Morgan fingerprint density at radius 2 is 2.06 bits per heavy atom. The Morgan fingerprint density at radius 3 is 2.62 bits per heavy atom. The van der Waals surface area contributed by atoms with E-state index in [2.05, 4.69) is 10.2 Å². The fourth-order valence-corrected chi connectivity index (χ4v) is 2.09. The van der Waals surface area contributed by atoms with E-state index in [-0.39, 0.29) is 0 Å². The van der Waals surface area contributed by atoms with E-state index in [1.165, 1.54) is 19.3 Å². The standard InChI is InChI=1S/C11H21N3O2/c12-11(16)10(13-9-15)5-4-8-14-6-2-1-3-7-14/h9-10H,1-8H2,(H2,12,16)(H,13,15). The number of nitrogens with one attached hydrogen (secondary N) is 1. The maximum absolute atomic E-state index is 11.0. The van der Waals surface area contributed by atoms with Crippen molar-refractivity contribution < 1.29 is 9.59 Å². The third-order valence-corrected chi connectivity index (χ3v) is 3.03. The average Bonchev–Trinajstić information content (AvgIpc) is 2.29. The van der Waals surface area contributed by atoms with Crippen molar-refractivity contribution in [1.29, 1.82) is 0 Å². The third-order valence-electron chi connectivity index (χ3n) is 3.03. The van der Waals surface area contributed by atoms with Crippen molar-refractivity contribution in [3.05, 3.63) is 0 Å². The van der Waals surface area contributed by atoms with Gasteiger partial charge < -0.3 is 16.0 Å². The summed E-state index contributed by atoms with van der Waals surface area (Å²) >= 11 is 0. The van der Waals surface area contributed by atoms with E-state index in [9.17, 15) is 9.59 Å². The van der Waals surface area contributed by atoms with Gasteiger partial charge in [0.15, 0.2) is 0 Å². The Labute approximate surface area is 96.4 Å². The van der Waals surface area contributed by atoms with Gasteiger partial charge in [-0.2, -0.15) is 0 Å². The first kappa shape index (κ1) is 13.0. The van der Waals surface area contributed by atoms with Gasteiger partial charge >= 0.3 is 0 Å². The SMILES string of the molecule is NC(=O)C(CCCN1CCCCC1)NC=O. The molecule has 0 aromatic carbocycles. The highest BCUT2D eigenvalue weighted by Gasteiger charge is 2.15. The molecule has 1 aliphatic heterocycles. The number of piperidine rings is 1. The van der Waals surface area contributed by atoms with E-state index in [0.717, 1.165) is 26.1 Å². The van der Waals surface area contributed by atoms with Crippen molar-refractivity contribution in [2.24, 2.45) is 5.73 Å². The number of nitrogens with zero attached hydrogens (tertiary/aromatic N) is 1. The molecule has 92 valence electrons. The second-order valence-corrected chi connectivity index (χ2v) is 4.28. The lowest BCUT2D eigenvalue weighted by Gasteiger charge is -2.26. The second-order valence-electron chi connectivity index (χ2n) is 4.28. The van der Waals surface area contributed by atoms with Crippen molar-refractivity contribution in [2.45, 2.75) is 38.1 Å². The van der Waals surface area contributed by atoms with Crippen LogP contribution in [-0.4, -0.2) is 42.9 Å². The highest BCUT2D eigenvalue weighted by atomic mass is 16.2. The van der Waals surface area contributed by atoms with E-state index in [0.29, 0.717) is 12.8 Å². The lowest BCUT2D eigenvalue weighted by Crippen LogP contribution is -2.41. The van der Waals surface area contributed by atoms with Crippen LogP contribution in [0.25, 0.3) is 0 Å². The van der Waals surface area contributed by atoms with Gasteiger partial charge in [-0.15, -0.1) is 0 Å². The molecule has 1 aliphatic rings. The van der Waals surface area contributed by atoms with Gasteiger partial charge in [0.1, 0.15) is 6.04 Å². The summed E-state index contributed by atoms with van der Waals surface area (Å²) in [6.07, 6.45) is 5.93. The zero-order valence-corrected chi connectivity index (χ0v) is 9.65. The second kappa shape index (κ2) is 7.22. The average molecular weight is 227 g/mol. The Hall–Kier alpha value is -1.10. The van der Waals surface area contributed by atoms with Gasteiger partial charge in [0.05, 0.1) is 0 Å². The molecule has 1 unspecified atom stereocenters. The number of carbonyl (C=O) groups excluding carboxylic acids is 2. The molecule has 0 spiro atoms. The predicted octanol–water partition coefficient (Wildman–Crippen LogP) is -0.148. The highest BCUT2D eigenvalue weighted by Crippen LogP contribution is 2.09. The first-order chi connectivity index (χ1) is 7.74. The molecule has 2 amide bonds. The van der Waals surface area contributed by atoms with E-state index in [1.54, 1.807) is 0 Å². The minimum absolute atomic E-state index is 0.453. The molecule has 1 atom stereocenters. The van der Waals surface area contributed by atoms with Crippen molar-refractivity contribution in [3.63, 3.8) is 0 Å². The number of amides is 2. The van der Waals surface area contributed by atoms with Crippen molar-refractivity contribution in [1.82, 2.24) is 10.2 Å². The highest BCUT2D eigenvalue weighted by molar-refractivity contribution is 5.81. The summed E-state index contributed by atoms with van der Waals surface area (Å²) in [7, 11) is 0. The number of hydrogen-bond acceptors (Lipinski definition) is 3. The van der Waals surface area contributed by atoms with Crippen LogP contribution < -0.4 is 11.1 Å². The lowest BCUT2D eigenvalue weighted by atomic mass is 10.1. The summed E-state index contributed by atoms with van der Waals surface area (Å²) in [4.78, 5) is 23.6. The van der Waals surface area contributed by atoms with Crippen LogP contribution in [0.5, 0.6) is 0 Å². The van der Waals surface area contributed by atoms with Crippen LogP contribution in [0.3, 0.4) is 0 Å². The third kappa shape index (κ3) is 4.61. The molecular weight excluding hydrogens is 206 g/mol. The van der Waals surface area contributed by atoms with Gasteiger partial charge in [0.2, 0.25) is 12.3 Å². The Kier molecular flexibility index (Phi) is 5.85. The Balaban J connectivity index is 2.16. The van der Waals surface area contributed by atoms with Gasteiger partial charge in [0.25, 0.3) is 0 Å². The van der Waals surface area contributed by atoms with Gasteiger partial charge in [-0.05, 0) is 45.3 Å². The first-order valence-corrected chi connectivity index (χ1v) is 5.95. The topological polar surface area (TPSA) is 75.4 Å². The molecule has 1 saturated heterocycles. The van der Waals surface area contributed by atoms with Crippen LogP contribution in [-0.2, 0) is 9.59 Å². The number of carbonyl (C=O) groups is 2. The molecule has 0 aliphatic carbocycles. The summed E-state index contributed by atoms with van der Waals surface area (Å²) in [6, 6.07) is -0.512. The van der Waals surface area contributed by atoms with Gasteiger partial charge in [-0.25, -0.2) is 0 Å². The monoisotopic (exact) mass is 227 g/mol. The molecule has 3 N–H and O–H groups in total. The summed E-state index contributed by atoms with van der Waals surface area (Å²) in [5, 5.41) is 2.45. The van der Waals surface area contributed by atoms with Crippen LogP contribution in [0.15, 0.2) is 0 Å². The molecule has 5 nitrogen and oxygen atoms in total. The van der Waals surface area contributed by atoms with Crippen LogP contribution in [0.2, 0.25) is 0 Å². The molecule has 0 aromatic heterocycles. The number of rotatable bonds is 7. The quantitative estimate of drug-likeness (QED) is 0.594. The minimum atomic E-state index is -0.512. The van der Waals surface area contributed by atoms with Crippen molar-refractivity contribution >= 4 is 12.3 Å². The smallest absolute Gasteiger partial charge is 0.239 e. The molecule has 5 heteroatoms. The number of nitrogens with two attached hydrogens (primary N) is 1. The molecule has 0 radical (unpaired) electrons. The zero-order chi connectivity index (χ0) is 11.8. The Bertz CT molecular complexity index is 227. The maximum atomic E-state index is 11.0. The minimum Gasteiger partial charge on any atom is -0.368 e. The van der Waals surface area contributed by atoms with Gasteiger partial charge in [-0.3, -0.25) is 9.59 Å². The van der Waals surface area contributed by atoms with Crippen LogP contribution >= 0.6 is 0 Å². The summed E-state index contributed by atoms with van der Waals surface area (Å²) in [5.41, 5.74) is 5.17. The van der Waals surface area contributed by atoms with Crippen LogP contribution in [0, 0.1) is 0 Å². The van der Waals surface area contributed by atoms with E-state index in [1.807, 2.05) is 0 Å². The normalized spacial score (nSPS) is 19.0. The predicted molar refractivity (Wildman–Crippen MR) is 61.7 cm³/mol. The molecule has 1 rings (SSSR count). The van der Waals surface area contributed by atoms with Crippen LogP contribution in [0.1, 0.15) is 32.1 Å². The largest absolute Gasteiger partial charge is 0.368 e. The molecule has 0 aromatic rings. The Morgan fingerprint density at radius 1 is 1.38 bits per heavy atom. The zero-order valence-electron chi connectivity index (χ0n) is 9.65. The molecule has 0 bridgehead atoms. The lowest BCUT2D eigenvalue weighted by molar-refractivity contribution is -0.122. The fraction of sp³-hybridized carbons (Fsp3) is 0.818. The summed E-state index contributed by atoms with van der Waals surface area (Å²) < 4.78 is 0. The molecule has 0 saturated carbocycles. The van der Waals surface area contributed by atoms with Gasteiger partial charge in [0, 0.05) is 0 Å². The van der Waals surface area contributed by atoms with Crippen molar-refractivity contribution in [2.75, 3.05) is 19.6 Å². The number of likely N-dealkylation sites (tertiary alicyclic amines) is 1. The number of primary amides is 1. The molecular formula is C11H21N3O2. The maximum Gasteiger partial charge on any atom is 0.239 e. The van der Waals surface area contributed by atoms with Crippen LogP contribution in [0.4, 0.5) is 0 Å². The summed E-state index contributed by atoms with van der Waals surface area (Å²) in [5.74, 6) is -0.453. The van der Waals surface area contributed by atoms with E-state index >= 15 is 0 Å². The molecule has 16 heavy (non-hydrogen) atoms. The fourth-order valence-electron chi connectivity index (χ4n) is 2.09. The van der Waals surface area contributed by atoms with Crippen molar-refractivity contribution in [3.8, 4) is 0 Å². The summed E-state index contributed by atoms with van der Waals surface area (Å²) in [6.45, 7) is 3.30. The molecule has 1 heterocycles. The molecule has 1 fully saturated rings. The van der Waals surface area contributed by atoms with Gasteiger partial charge in [-0.1, -0.05) is 6.42 Å². The van der Waals surface area contributed by atoms with E-state index in [4.69, 9.17) is 5.73 Å². The number of hydrogen-bond donors (Lipinski definition) is 2. The first-order valence-electron chi connectivity index (χ1n) is 5.95. The van der Waals surface area contributed by atoms with E-state index < -0.39 is 11.9 Å².